The van der Waals surface area contributed by atoms with Gasteiger partial charge in [-0.3, -0.25) is 14.9 Å². The van der Waals surface area contributed by atoms with Crippen LogP contribution in [-0.4, -0.2) is 16.7 Å². The predicted octanol–water partition coefficient (Wildman–Crippen LogP) is 4.97. The molecule has 0 radical (unpaired) electrons. The second-order valence-electron chi connectivity index (χ2n) is 6.77. The largest absolute Gasteiger partial charge is 0.423 e. The van der Waals surface area contributed by atoms with E-state index in [4.69, 9.17) is 4.74 Å². The van der Waals surface area contributed by atoms with Crippen molar-refractivity contribution in [3.63, 3.8) is 0 Å². The Morgan fingerprint density at radius 2 is 1.38 bits per heavy atom. The molecule has 6 heteroatoms. The minimum atomic E-state index is -0.704. The van der Waals surface area contributed by atoms with Gasteiger partial charge >= 0.3 is 5.97 Å². The lowest BCUT2D eigenvalue weighted by atomic mass is 9.92. The third kappa shape index (κ3) is 4.21. The van der Waals surface area contributed by atoms with E-state index in [0.29, 0.717) is 5.56 Å². The number of hydrogen-bond donors (Lipinski definition) is 0. The van der Waals surface area contributed by atoms with Crippen LogP contribution in [0.5, 0.6) is 5.75 Å². The van der Waals surface area contributed by atoms with Gasteiger partial charge in [0.15, 0.2) is 5.78 Å². The van der Waals surface area contributed by atoms with Crippen molar-refractivity contribution in [3.8, 4) is 5.75 Å². The number of ketones is 1. The lowest BCUT2D eigenvalue weighted by molar-refractivity contribution is -0.384. The van der Waals surface area contributed by atoms with Crippen molar-refractivity contribution < 1.29 is 19.2 Å². The van der Waals surface area contributed by atoms with Gasteiger partial charge in [-0.05, 0) is 61.7 Å². The van der Waals surface area contributed by atoms with Crippen LogP contribution < -0.4 is 4.74 Å². The molecule has 0 aliphatic carbocycles. The van der Waals surface area contributed by atoms with Crippen molar-refractivity contribution in [1.29, 1.82) is 0 Å². The molecule has 0 aliphatic rings. The molecule has 0 saturated heterocycles. The van der Waals surface area contributed by atoms with Gasteiger partial charge in [0.1, 0.15) is 5.75 Å². The molecule has 3 rings (SSSR count). The van der Waals surface area contributed by atoms with Gasteiger partial charge in [0.05, 0.1) is 10.5 Å². The number of benzene rings is 3. The first-order chi connectivity index (χ1) is 13.8. The summed E-state index contributed by atoms with van der Waals surface area (Å²) in [5.41, 5.74) is 3.71. The fourth-order valence-electron chi connectivity index (χ4n) is 3.01. The summed E-state index contributed by atoms with van der Waals surface area (Å²) in [4.78, 5) is 36.0. The van der Waals surface area contributed by atoms with E-state index in [2.05, 4.69) is 0 Å². The summed E-state index contributed by atoms with van der Waals surface area (Å²) in [6.07, 6.45) is 0. The molecule has 29 heavy (non-hydrogen) atoms. The van der Waals surface area contributed by atoms with Gasteiger partial charge in [0.25, 0.3) is 5.69 Å². The van der Waals surface area contributed by atoms with Crippen LogP contribution in [0.3, 0.4) is 0 Å². The summed E-state index contributed by atoms with van der Waals surface area (Å²) in [6.45, 7) is 5.77. The maximum atomic E-state index is 13.1. The second-order valence-corrected chi connectivity index (χ2v) is 6.77. The van der Waals surface area contributed by atoms with Gasteiger partial charge in [-0.25, -0.2) is 4.79 Å². The molecule has 6 nitrogen and oxygen atoms in total. The van der Waals surface area contributed by atoms with Crippen molar-refractivity contribution in [3.05, 3.63) is 104 Å². The molecule has 0 spiro atoms. The van der Waals surface area contributed by atoms with E-state index >= 15 is 0 Å². The highest BCUT2D eigenvalue weighted by atomic mass is 16.6. The fourth-order valence-corrected chi connectivity index (χ4v) is 3.01. The zero-order valence-electron chi connectivity index (χ0n) is 16.3. The number of aryl methyl sites for hydroxylation is 3. The van der Waals surface area contributed by atoms with Crippen LogP contribution in [-0.2, 0) is 0 Å². The molecule has 0 saturated carbocycles. The molecule has 0 atom stereocenters. The highest BCUT2D eigenvalue weighted by molar-refractivity contribution is 6.15. The molecule has 0 aliphatic heterocycles. The van der Waals surface area contributed by atoms with Crippen LogP contribution in [0.15, 0.2) is 60.7 Å². The number of carbonyl (C=O) groups excluding carboxylic acids is 2. The quantitative estimate of drug-likeness (QED) is 0.202. The Kier molecular flexibility index (Phi) is 5.54. The van der Waals surface area contributed by atoms with Crippen LogP contribution in [0, 0.1) is 30.9 Å². The van der Waals surface area contributed by atoms with Crippen molar-refractivity contribution in [2.24, 2.45) is 0 Å². The fraction of sp³-hybridized carbons (Fsp3) is 0.130. The molecule has 3 aromatic rings. The van der Waals surface area contributed by atoms with Gasteiger partial charge in [-0.15, -0.1) is 0 Å². The molecule has 0 heterocycles. The number of rotatable bonds is 5. The van der Waals surface area contributed by atoms with Crippen molar-refractivity contribution in [1.82, 2.24) is 0 Å². The number of carbonyl (C=O) groups is 2. The smallest absolute Gasteiger partial charge is 0.344 e. The Bertz CT molecular complexity index is 1120. The standard InChI is InChI=1S/C23H19NO5/c1-14-12-16(3)21(13-15(14)2)22(25)19-6-4-5-7-20(19)23(26)29-18-10-8-17(9-11-18)24(27)28/h4-13H,1-3H3. The van der Waals surface area contributed by atoms with Crippen molar-refractivity contribution >= 4 is 17.4 Å². The minimum absolute atomic E-state index is 0.106. The van der Waals surface area contributed by atoms with E-state index in [9.17, 15) is 19.7 Å². The summed E-state index contributed by atoms with van der Waals surface area (Å²) in [5, 5.41) is 10.7. The lowest BCUT2D eigenvalue weighted by Gasteiger charge is -2.12. The van der Waals surface area contributed by atoms with Crippen LogP contribution in [0.4, 0.5) is 5.69 Å². The van der Waals surface area contributed by atoms with Gasteiger partial charge in [0.2, 0.25) is 0 Å². The zero-order chi connectivity index (χ0) is 21.1. The first-order valence-electron chi connectivity index (χ1n) is 8.96. The van der Waals surface area contributed by atoms with E-state index in [0.717, 1.165) is 16.7 Å². The molecule has 3 aromatic carbocycles. The van der Waals surface area contributed by atoms with Crippen LogP contribution in [0.2, 0.25) is 0 Å². The normalized spacial score (nSPS) is 10.4. The molecule has 0 unspecified atom stereocenters. The highest BCUT2D eigenvalue weighted by Gasteiger charge is 2.21. The SMILES string of the molecule is Cc1cc(C)c(C(=O)c2ccccc2C(=O)Oc2ccc([N+](=O)[O-])cc2)cc1C. The Hall–Kier alpha value is -3.80. The Morgan fingerprint density at radius 3 is 2.00 bits per heavy atom. The summed E-state index contributed by atoms with van der Waals surface area (Å²) in [5.74, 6) is -0.809. The maximum Gasteiger partial charge on any atom is 0.344 e. The number of nitro groups is 1. The molecule has 0 amide bonds. The highest BCUT2D eigenvalue weighted by Crippen LogP contribution is 2.23. The molecule has 0 bridgehead atoms. The number of nitro benzene ring substituents is 1. The minimum Gasteiger partial charge on any atom is -0.423 e. The molecule has 0 N–H and O–H groups in total. The van der Waals surface area contributed by atoms with Gasteiger partial charge in [-0.2, -0.15) is 0 Å². The van der Waals surface area contributed by atoms with E-state index in [1.165, 1.54) is 30.3 Å². The predicted molar refractivity (Wildman–Crippen MR) is 109 cm³/mol. The molecular formula is C23H19NO5. The van der Waals surface area contributed by atoms with Crippen LogP contribution in [0.25, 0.3) is 0 Å². The summed E-state index contributed by atoms with van der Waals surface area (Å²) < 4.78 is 5.32. The molecule has 0 fully saturated rings. The number of esters is 1. The third-order valence-electron chi connectivity index (χ3n) is 4.74. The van der Waals surface area contributed by atoms with E-state index < -0.39 is 10.9 Å². The zero-order valence-corrected chi connectivity index (χ0v) is 16.3. The maximum absolute atomic E-state index is 13.1. The summed E-state index contributed by atoms with van der Waals surface area (Å²) in [6, 6.07) is 15.4. The number of non-ortho nitro benzene ring substituents is 1. The van der Waals surface area contributed by atoms with Crippen LogP contribution >= 0.6 is 0 Å². The Morgan fingerprint density at radius 1 is 0.793 bits per heavy atom. The summed E-state index contributed by atoms with van der Waals surface area (Å²) in [7, 11) is 0. The average Bonchev–Trinajstić information content (AvgIpc) is 2.70. The molecular weight excluding hydrogens is 370 g/mol. The monoisotopic (exact) mass is 389 g/mol. The second kappa shape index (κ2) is 8.06. The number of ether oxygens (including phenoxy) is 1. The van der Waals surface area contributed by atoms with Gasteiger partial charge in [-0.1, -0.05) is 24.3 Å². The topological polar surface area (TPSA) is 86.5 Å². The molecule has 0 aromatic heterocycles. The molecule has 146 valence electrons. The first kappa shape index (κ1) is 19.9. The van der Waals surface area contributed by atoms with E-state index in [1.54, 1.807) is 18.2 Å². The van der Waals surface area contributed by atoms with E-state index in [-0.39, 0.29) is 28.3 Å². The average molecular weight is 389 g/mol. The van der Waals surface area contributed by atoms with E-state index in [1.807, 2.05) is 32.9 Å². The van der Waals surface area contributed by atoms with Gasteiger partial charge in [0, 0.05) is 23.3 Å². The Balaban J connectivity index is 1.92. The lowest BCUT2D eigenvalue weighted by Crippen LogP contribution is -2.15. The van der Waals surface area contributed by atoms with Crippen LogP contribution in [0.1, 0.15) is 43.0 Å². The number of nitrogens with zero attached hydrogens (tertiary/aromatic N) is 1. The third-order valence-corrected chi connectivity index (χ3v) is 4.74. The number of hydrogen-bond acceptors (Lipinski definition) is 5. The summed E-state index contributed by atoms with van der Waals surface area (Å²) >= 11 is 0. The van der Waals surface area contributed by atoms with Crippen molar-refractivity contribution in [2.45, 2.75) is 20.8 Å². The van der Waals surface area contributed by atoms with Gasteiger partial charge < -0.3 is 4.74 Å². The van der Waals surface area contributed by atoms with Crippen molar-refractivity contribution in [2.75, 3.05) is 0 Å². The first-order valence-corrected chi connectivity index (χ1v) is 8.96. The Labute approximate surface area is 167 Å².